The fourth-order valence-corrected chi connectivity index (χ4v) is 5.28. The summed E-state index contributed by atoms with van der Waals surface area (Å²) >= 11 is 0. The molecule has 1 saturated heterocycles. The lowest BCUT2D eigenvalue weighted by atomic mass is 9.99. The van der Waals surface area contributed by atoms with Crippen LogP contribution >= 0.6 is 0 Å². The van der Waals surface area contributed by atoms with Crippen LogP contribution in [0, 0.1) is 13.8 Å². The first-order valence-electron chi connectivity index (χ1n) is 13.1. The van der Waals surface area contributed by atoms with Gasteiger partial charge in [-0.3, -0.25) is 4.99 Å². The highest BCUT2D eigenvalue weighted by Crippen LogP contribution is 2.30. The minimum atomic E-state index is -0.515. The maximum absolute atomic E-state index is 10.8. The fourth-order valence-electron chi connectivity index (χ4n) is 5.28. The van der Waals surface area contributed by atoms with Crippen LogP contribution in [0.4, 0.5) is 5.69 Å². The molecule has 0 bridgehead atoms. The molecule has 3 nitrogen and oxygen atoms in total. The maximum Gasteiger partial charge on any atom is 0.0761 e. The van der Waals surface area contributed by atoms with E-state index in [1.807, 2.05) is 6.08 Å². The van der Waals surface area contributed by atoms with Crippen LogP contribution in [0.1, 0.15) is 46.2 Å². The van der Waals surface area contributed by atoms with E-state index >= 15 is 0 Å². The summed E-state index contributed by atoms with van der Waals surface area (Å²) in [5.41, 5.74) is 10.8. The van der Waals surface area contributed by atoms with Crippen molar-refractivity contribution in [2.24, 2.45) is 4.99 Å². The van der Waals surface area contributed by atoms with Gasteiger partial charge in [0.1, 0.15) is 0 Å². The molecule has 0 aliphatic carbocycles. The zero-order valence-electron chi connectivity index (χ0n) is 21.5. The van der Waals surface area contributed by atoms with Crippen LogP contribution in [0.25, 0.3) is 0 Å². The van der Waals surface area contributed by atoms with Gasteiger partial charge in [0.05, 0.1) is 17.5 Å². The number of likely N-dealkylation sites (tertiary alicyclic amines) is 1. The number of aryl methyl sites for hydroxylation is 2. The molecule has 0 spiro atoms. The molecule has 2 heterocycles. The summed E-state index contributed by atoms with van der Waals surface area (Å²) in [5, 5.41) is 10.8. The predicted octanol–water partition coefficient (Wildman–Crippen LogP) is 6.66. The van der Waals surface area contributed by atoms with E-state index < -0.39 is 6.10 Å². The summed E-state index contributed by atoms with van der Waals surface area (Å²) in [6, 6.07) is 24.1. The lowest BCUT2D eigenvalue weighted by molar-refractivity contribution is 0.222. The third-order valence-corrected chi connectivity index (χ3v) is 7.41. The van der Waals surface area contributed by atoms with E-state index in [0.29, 0.717) is 12.5 Å². The molecular formula is C33H36N2O. The van der Waals surface area contributed by atoms with Crippen LogP contribution in [0.2, 0.25) is 0 Å². The minimum Gasteiger partial charge on any atom is -0.389 e. The molecule has 0 radical (unpaired) electrons. The third kappa shape index (κ3) is 5.68. The van der Waals surface area contributed by atoms with Gasteiger partial charge in [-0.05, 0) is 73.1 Å². The van der Waals surface area contributed by atoms with E-state index in [9.17, 15) is 5.11 Å². The molecule has 3 heteroatoms. The van der Waals surface area contributed by atoms with Gasteiger partial charge in [0.15, 0.2) is 0 Å². The lowest BCUT2D eigenvalue weighted by Gasteiger charge is -2.26. The summed E-state index contributed by atoms with van der Waals surface area (Å²) < 4.78 is 0. The molecule has 1 unspecified atom stereocenters. The van der Waals surface area contributed by atoms with E-state index in [4.69, 9.17) is 4.99 Å². The molecule has 0 saturated carbocycles. The highest BCUT2D eigenvalue weighted by atomic mass is 16.3. The van der Waals surface area contributed by atoms with Gasteiger partial charge in [0, 0.05) is 31.1 Å². The summed E-state index contributed by atoms with van der Waals surface area (Å²) in [7, 11) is 0. The highest BCUT2D eigenvalue weighted by Gasteiger charge is 2.24. The van der Waals surface area contributed by atoms with Crippen molar-refractivity contribution in [1.29, 1.82) is 0 Å². The van der Waals surface area contributed by atoms with Crippen molar-refractivity contribution in [3.8, 4) is 0 Å². The van der Waals surface area contributed by atoms with Gasteiger partial charge >= 0.3 is 0 Å². The molecule has 2 atom stereocenters. The zero-order valence-corrected chi connectivity index (χ0v) is 21.5. The van der Waals surface area contributed by atoms with E-state index in [1.165, 1.54) is 28.0 Å². The summed E-state index contributed by atoms with van der Waals surface area (Å²) in [6.07, 6.45) is 8.19. The molecule has 3 aromatic carbocycles. The minimum absolute atomic E-state index is 0.304. The van der Waals surface area contributed by atoms with Gasteiger partial charge in [0.2, 0.25) is 0 Å². The Labute approximate surface area is 215 Å². The van der Waals surface area contributed by atoms with Crippen molar-refractivity contribution < 1.29 is 5.11 Å². The molecule has 5 rings (SSSR count). The Balaban J connectivity index is 1.19. The molecule has 2 aliphatic rings. The van der Waals surface area contributed by atoms with Crippen LogP contribution in [-0.4, -0.2) is 34.4 Å². The molecule has 1 N–H and O–H groups in total. The second kappa shape index (κ2) is 10.7. The van der Waals surface area contributed by atoms with Crippen molar-refractivity contribution in [2.45, 2.75) is 58.1 Å². The first-order chi connectivity index (χ1) is 17.4. The summed E-state index contributed by atoms with van der Waals surface area (Å²) in [6.45, 7) is 9.48. The number of hydrogen-bond donors (Lipinski definition) is 1. The molecule has 184 valence electrons. The Morgan fingerprint density at radius 1 is 1.03 bits per heavy atom. The Morgan fingerprint density at radius 2 is 1.83 bits per heavy atom. The number of nitrogens with zero attached hydrogens (tertiary/aromatic N) is 2. The van der Waals surface area contributed by atoms with Gasteiger partial charge < -0.3 is 10.0 Å². The number of aliphatic hydroxyl groups excluding tert-OH is 1. The first kappa shape index (κ1) is 24.3. The Morgan fingerprint density at radius 3 is 2.67 bits per heavy atom. The first-order valence-corrected chi connectivity index (χ1v) is 13.1. The number of hydrogen-bond acceptors (Lipinski definition) is 3. The van der Waals surface area contributed by atoms with Gasteiger partial charge in [-0.25, -0.2) is 0 Å². The topological polar surface area (TPSA) is 35.8 Å². The monoisotopic (exact) mass is 476 g/mol. The van der Waals surface area contributed by atoms with E-state index in [1.54, 1.807) is 0 Å². The summed E-state index contributed by atoms with van der Waals surface area (Å²) in [5.74, 6) is 0. The normalized spacial score (nSPS) is 18.1. The Bertz CT molecular complexity index is 1300. The van der Waals surface area contributed by atoms with Gasteiger partial charge in [-0.1, -0.05) is 78.9 Å². The van der Waals surface area contributed by atoms with Crippen LogP contribution < -0.4 is 0 Å². The average molecular weight is 477 g/mol. The van der Waals surface area contributed by atoms with Crippen molar-refractivity contribution in [3.05, 3.63) is 125 Å². The molecule has 1 fully saturated rings. The largest absolute Gasteiger partial charge is 0.389 e. The predicted molar refractivity (Wildman–Crippen MR) is 150 cm³/mol. The standard InChI is InChI=1S/C33H36N2O/c1-23-7-11-26(12-8-23)17-18-35-25(3)10-14-30(35)15-16-31(36)21-27-5-4-6-28(20-27)33-22-29-13-9-24(2)19-32(29)34-33/h4-9,11-13,15-16,19-20,30-31,36H,3,10,14,17-18,21-22H2,1-2H3/b16-15+/t30?,31-/m1/s1. The van der Waals surface area contributed by atoms with Gasteiger partial charge in [-0.15, -0.1) is 0 Å². The van der Waals surface area contributed by atoms with Crippen LogP contribution in [0.5, 0.6) is 0 Å². The molecule has 3 aromatic rings. The van der Waals surface area contributed by atoms with Crippen LogP contribution in [0.3, 0.4) is 0 Å². The molecule has 0 amide bonds. The number of aliphatic imine (C=N–C) groups is 1. The second-order valence-electron chi connectivity index (χ2n) is 10.3. The van der Waals surface area contributed by atoms with Crippen molar-refractivity contribution >= 4 is 11.4 Å². The average Bonchev–Trinajstić information content (AvgIpc) is 3.45. The molecular weight excluding hydrogens is 440 g/mol. The van der Waals surface area contributed by atoms with Crippen LogP contribution in [-0.2, 0) is 19.3 Å². The van der Waals surface area contributed by atoms with E-state index in [2.05, 4.69) is 98.1 Å². The van der Waals surface area contributed by atoms with Crippen molar-refractivity contribution in [3.63, 3.8) is 0 Å². The molecule has 0 aromatic heterocycles. The van der Waals surface area contributed by atoms with E-state index in [0.717, 1.165) is 54.8 Å². The highest BCUT2D eigenvalue weighted by molar-refractivity contribution is 6.06. The summed E-state index contributed by atoms with van der Waals surface area (Å²) in [4.78, 5) is 7.28. The lowest BCUT2D eigenvalue weighted by Crippen LogP contribution is -2.29. The fraction of sp³-hybridized carbons (Fsp3) is 0.303. The van der Waals surface area contributed by atoms with Crippen molar-refractivity contribution in [1.82, 2.24) is 4.90 Å². The zero-order chi connectivity index (χ0) is 25.1. The van der Waals surface area contributed by atoms with Gasteiger partial charge in [-0.2, -0.15) is 0 Å². The SMILES string of the molecule is C=C1CCC(/C=C/[C@@H](O)Cc2cccc(C3=Nc4cc(C)ccc4C3)c2)N1CCc1ccc(C)cc1. The maximum atomic E-state index is 10.8. The number of aliphatic hydroxyl groups is 1. The quantitative estimate of drug-likeness (QED) is 0.369. The molecule has 36 heavy (non-hydrogen) atoms. The molecule has 2 aliphatic heterocycles. The van der Waals surface area contributed by atoms with Crippen LogP contribution in [0.15, 0.2) is 96.2 Å². The Kier molecular flexibility index (Phi) is 7.20. The smallest absolute Gasteiger partial charge is 0.0761 e. The Hall–Kier alpha value is -3.43. The number of benzene rings is 3. The number of fused-ring (bicyclic) bond motifs is 1. The van der Waals surface area contributed by atoms with E-state index in [-0.39, 0.29) is 0 Å². The number of allylic oxidation sites excluding steroid dienone is 1. The second-order valence-corrected chi connectivity index (χ2v) is 10.3. The third-order valence-electron chi connectivity index (χ3n) is 7.41. The number of rotatable bonds is 8. The van der Waals surface area contributed by atoms with Gasteiger partial charge in [0.25, 0.3) is 0 Å². The van der Waals surface area contributed by atoms with Crippen molar-refractivity contribution in [2.75, 3.05) is 6.54 Å².